The van der Waals surface area contributed by atoms with Gasteiger partial charge in [-0.2, -0.15) is 11.8 Å². The van der Waals surface area contributed by atoms with E-state index in [1.165, 1.54) is 12.1 Å². The normalized spacial score (nSPS) is 16.3. The highest BCUT2D eigenvalue weighted by Gasteiger charge is 2.21. The van der Waals surface area contributed by atoms with E-state index in [-0.39, 0.29) is 12.7 Å². The molecule has 5 heteroatoms. The fourth-order valence-electron chi connectivity index (χ4n) is 2.84. The average molecular weight is 319 g/mol. The minimum atomic E-state index is 0.179. The van der Waals surface area contributed by atoms with Crippen LogP contribution in [0.15, 0.2) is 30.0 Å². The third-order valence-corrected chi connectivity index (χ3v) is 4.50. The van der Waals surface area contributed by atoms with Crippen LogP contribution in [0.3, 0.4) is 0 Å². The summed E-state index contributed by atoms with van der Waals surface area (Å²) in [5.74, 6) is 2.25. The van der Waals surface area contributed by atoms with Crippen LogP contribution in [-0.4, -0.2) is 29.6 Å². The zero-order chi connectivity index (χ0) is 15.4. The number of ether oxygens (including phenoxy) is 2. The Morgan fingerprint density at radius 3 is 2.91 bits per heavy atom. The third kappa shape index (κ3) is 3.40. The SMILES string of the molecule is CSCC(=O)N(Cc1ccc2c(c1)OCO2)C1=CCCCC1. The van der Waals surface area contributed by atoms with Crippen molar-refractivity contribution in [2.45, 2.75) is 32.2 Å². The average Bonchev–Trinajstić information content (AvgIpc) is 3.01. The molecule has 0 spiro atoms. The monoisotopic (exact) mass is 319 g/mol. The summed E-state index contributed by atoms with van der Waals surface area (Å²) in [5, 5.41) is 0. The van der Waals surface area contributed by atoms with E-state index in [9.17, 15) is 4.79 Å². The zero-order valence-corrected chi connectivity index (χ0v) is 13.7. The van der Waals surface area contributed by atoms with Gasteiger partial charge in [-0.25, -0.2) is 0 Å². The lowest BCUT2D eigenvalue weighted by Gasteiger charge is -2.28. The molecule has 0 N–H and O–H groups in total. The third-order valence-electron chi connectivity index (χ3n) is 3.96. The van der Waals surface area contributed by atoms with E-state index in [4.69, 9.17) is 9.47 Å². The molecule has 0 radical (unpaired) electrons. The molecule has 1 aromatic carbocycles. The van der Waals surface area contributed by atoms with E-state index in [1.807, 2.05) is 29.4 Å². The number of thioether (sulfide) groups is 1. The van der Waals surface area contributed by atoms with Crippen molar-refractivity contribution in [3.63, 3.8) is 0 Å². The molecule has 1 amide bonds. The molecule has 1 aliphatic heterocycles. The van der Waals surface area contributed by atoms with E-state index < -0.39 is 0 Å². The zero-order valence-electron chi connectivity index (χ0n) is 12.8. The van der Waals surface area contributed by atoms with Gasteiger partial charge in [-0.05, 0) is 49.6 Å². The van der Waals surface area contributed by atoms with Crippen molar-refractivity contribution in [2.75, 3.05) is 18.8 Å². The Labute approximate surface area is 135 Å². The Hall–Kier alpha value is -1.62. The fraction of sp³-hybridized carbons (Fsp3) is 0.471. The van der Waals surface area contributed by atoms with Crippen LogP contribution in [0.1, 0.15) is 31.2 Å². The fourth-order valence-corrected chi connectivity index (χ4v) is 3.24. The van der Waals surface area contributed by atoms with Crippen molar-refractivity contribution in [3.8, 4) is 11.5 Å². The second-order valence-electron chi connectivity index (χ2n) is 5.54. The van der Waals surface area contributed by atoms with Crippen LogP contribution in [0.2, 0.25) is 0 Å². The molecule has 0 bridgehead atoms. The first-order chi connectivity index (χ1) is 10.8. The molecule has 22 heavy (non-hydrogen) atoms. The van der Waals surface area contributed by atoms with E-state index in [2.05, 4.69) is 6.08 Å². The standard InChI is InChI=1S/C17H21NO3S/c1-22-11-17(19)18(14-5-3-2-4-6-14)10-13-7-8-15-16(9-13)21-12-20-15/h5,7-9H,2-4,6,10-12H2,1H3. The number of allylic oxidation sites excluding steroid dienone is 2. The minimum Gasteiger partial charge on any atom is -0.454 e. The van der Waals surface area contributed by atoms with Gasteiger partial charge in [0.1, 0.15) is 0 Å². The Kier molecular flexibility index (Phi) is 4.93. The first-order valence-corrected chi connectivity index (χ1v) is 9.04. The topological polar surface area (TPSA) is 38.8 Å². The van der Waals surface area contributed by atoms with Crippen LogP contribution in [0, 0.1) is 0 Å². The summed E-state index contributed by atoms with van der Waals surface area (Å²) in [4.78, 5) is 14.4. The highest BCUT2D eigenvalue weighted by atomic mass is 32.2. The van der Waals surface area contributed by atoms with Gasteiger partial charge in [-0.1, -0.05) is 12.1 Å². The highest BCUT2D eigenvalue weighted by molar-refractivity contribution is 7.99. The lowest BCUT2D eigenvalue weighted by molar-refractivity contribution is -0.127. The van der Waals surface area contributed by atoms with Crippen molar-refractivity contribution >= 4 is 17.7 Å². The predicted octanol–water partition coefficient (Wildman–Crippen LogP) is 3.56. The van der Waals surface area contributed by atoms with E-state index in [0.29, 0.717) is 12.3 Å². The van der Waals surface area contributed by atoms with E-state index >= 15 is 0 Å². The van der Waals surface area contributed by atoms with Crippen molar-refractivity contribution in [1.82, 2.24) is 4.90 Å². The maximum atomic E-state index is 12.5. The summed E-state index contributed by atoms with van der Waals surface area (Å²) in [6.45, 7) is 0.876. The highest BCUT2D eigenvalue weighted by Crippen LogP contribution is 2.33. The van der Waals surface area contributed by atoms with Gasteiger partial charge in [0.25, 0.3) is 0 Å². The summed E-state index contributed by atoms with van der Waals surface area (Å²) < 4.78 is 10.8. The Morgan fingerprint density at radius 2 is 2.14 bits per heavy atom. The summed E-state index contributed by atoms with van der Waals surface area (Å²) in [6, 6.07) is 5.91. The molecule has 1 aromatic rings. The largest absolute Gasteiger partial charge is 0.454 e. The van der Waals surface area contributed by atoms with Crippen molar-refractivity contribution in [1.29, 1.82) is 0 Å². The quantitative estimate of drug-likeness (QED) is 0.832. The Morgan fingerprint density at radius 1 is 1.27 bits per heavy atom. The smallest absolute Gasteiger partial charge is 0.237 e. The molecule has 0 atom stereocenters. The van der Waals surface area contributed by atoms with E-state index in [0.717, 1.165) is 36.3 Å². The van der Waals surface area contributed by atoms with Gasteiger partial charge in [0.05, 0.1) is 12.3 Å². The Bertz CT molecular complexity index is 585. The summed E-state index contributed by atoms with van der Waals surface area (Å²) in [5.41, 5.74) is 2.24. The lowest BCUT2D eigenvalue weighted by atomic mass is 10.0. The van der Waals surface area contributed by atoms with Gasteiger partial charge in [-0.3, -0.25) is 4.79 Å². The number of rotatable bonds is 5. The van der Waals surface area contributed by atoms with Crippen LogP contribution in [0.25, 0.3) is 0 Å². The maximum absolute atomic E-state index is 12.5. The molecular formula is C17H21NO3S. The molecule has 3 rings (SSSR count). The summed E-state index contributed by atoms with van der Waals surface area (Å²) >= 11 is 1.57. The summed E-state index contributed by atoms with van der Waals surface area (Å²) in [6.07, 6.45) is 8.62. The number of hydrogen-bond acceptors (Lipinski definition) is 4. The predicted molar refractivity (Wildman–Crippen MR) is 88.0 cm³/mol. The number of nitrogens with zero attached hydrogens (tertiary/aromatic N) is 1. The maximum Gasteiger partial charge on any atom is 0.237 e. The van der Waals surface area contributed by atoms with Gasteiger partial charge in [0, 0.05) is 5.70 Å². The Balaban J connectivity index is 1.79. The number of amides is 1. The van der Waals surface area contributed by atoms with Crippen LogP contribution in [-0.2, 0) is 11.3 Å². The first kappa shape index (κ1) is 15.3. The molecule has 4 nitrogen and oxygen atoms in total. The molecule has 0 saturated carbocycles. The molecule has 1 aliphatic carbocycles. The van der Waals surface area contributed by atoms with Gasteiger partial charge in [-0.15, -0.1) is 0 Å². The van der Waals surface area contributed by atoms with Crippen LogP contribution >= 0.6 is 11.8 Å². The second-order valence-corrected chi connectivity index (χ2v) is 6.41. The van der Waals surface area contributed by atoms with Gasteiger partial charge in [0.15, 0.2) is 11.5 Å². The molecule has 0 unspecified atom stereocenters. The molecule has 2 aliphatic rings. The van der Waals surface area contributed by atoms with Gasteiger partial charge in [0.2, 0.25) is 12.7 Å². The lowest BCUT2D eigenvalue weighted by Crippen LogP contribution is -2.32. The molecule has 0 aromatic heterocycles. The van der Waals surface area contributed by atoms with Gasteiger partial charge >= 0.3 is 0 Å². The van der Waals surface area contributed by atoms with Crippen LogP contribution in [0.5, 0.6) is 11.5 Å². The summed E-state index contributed by atoms with van der Waals surface area (Å²) in [7, 11) is 0. The van der Waals surface area contributed by atoms with Gasteiger partial charge < -0.3 is 14.4 Å². The number of carbonyl (C=O) groups is 1. The van der Waals surface area contributed by atoms with Crippen molar-refractivity contribution in [3.05, 3.63) is 35.5 Å². The van der Waals surface area contributed by atoms with Crippen LogP contribution < -0.4 is 9.47 Å². The first-order valence-electron chi connectivity index (χ1n) is 7.65. The number of benzene rings is 1. The molecule has 118 valence electrons. The van der Waals surface area contributed by atoms with Crippen molar-refractivity contribution < 1.29 is 14.3 Å². The molecule has 0 fully saturated rings. The second kappa shape index (κ2) is 7.09. The van der Waals surface area contributed by atoms with Crippen LogP contribution in [0.4, 0.5) is 0 Å². The molecule has 1 heterocycles. The molecular weight excluding hydrogens is 298 g/mol. The molecule has 0 saturated heterocycles. The van der Waals surface area contributed by atoms with E-state index in [1.54, 1.807) is 11.8 Å². The van der Waals surface area contributed by atoms with Crippen molar-refractivity contribution in [2.24, 2.45) is 0 Å². The number of carbonyl (C=O) groups excluding carboxylic acids is 1. The number of hydrogen-bond donors (Lipinski definition) is 0. The number of fused-ring (bicyclic) bond motifs is 1. The minimum absolute atomic E-state index is 0.179.